The van der Waals surface area contributed by atoms with Gasteiger partial charge in [0.1, 0.15) is 11.5 Å². The third-order valence-corrected chi connectivity index (χ3v) is 3.36. The summed E-state index contributed by atoms with van der Waals surface area (Å²) >= 11 is 0. The van der Waals surface area contributed by atoms with Crippen LogP contribution in [0.4, 0.5) is 15.8 Å². The van der Waals surface area contributed by atoms with E-state index in [2.05, 4.69) is 10.1 Å². The average molecular weight is 358 g/mol. The molecule has 0 amide bonds. The number of carbonyl (C=O) groups excluding carboxylic acids is 1. The van der Waals surface area contributed by atoms with E-state index in [4.69, 9.17) is 15.0 Å². The number of nitrogens with zero attached hydrogens (tertiary/aromatic N) is 3. The van der Waals surface area contributed by atoms with Gasteiger partial charge in [-0.2, -0.15) is 4.98 Å². The van der Waals surface area contributed by atoms with Crippen molar-refractivity contribution in [1.82, 2.24) is 10.1 Å². The maximum absolute atomic E-state index is 12.9. The Hall–Kier alpha value is -3.82. The molecule has 0 bridgehead atoms. The fourth-order valence-corrected chi connectivity index (χ4v) is 2.07. The predicted molar refractivity (Wildman–Crippen MR) is 86.3 cm³/mol. The summed E-state index contributed by atoms with van der Waals surface area (Å²) in [6.45, 7) is -0.328. The molecule has 0 unspecified atom stereocenters. The molecule has 0 saturated carbocycles. The van der Waals surface area contributed by atoms with Crippen molar-refractivity contribution in [2.75, 3.05) is 5.73 Å². The number of nitrogen functional groups attached to an aromatic ring is 1. The lowest BCUT2D eigenvalue weighted by Gasteiger charge is -2.03. The Morgan fingerprint density at radius 1 is 1.27 bits per heavy atom. The number of hydrogen-bond acceptors (Lipinski definition) is 8. The van der Waals surface area contributed by atoms with E-state index in [1.54, 1.807) is 0 Å². The van der Waals surface area contributed by atoms with Crippen molar-refractivity contribution >= 4 is 17.3 Å². The molecule has 0 aliphatic rings. The highest BCUT2D eigenvalue weighted by Gasteiger charge is 2.18. The summed E-state index contributed by atoms with van der Waals surface area (Å²) in [5, 5.41) is 14.6. The Morgan fingerprint density at radius 3 is 2.69 bits per heavy atom. The van der Waals surface area contributed by atoms with E-state index in [9.17, 15) is 19.3 Å². The van der Waals surface area contributed by atoms with Crippen LogP contribution in [-0.2, 0) is 11.3 Å². The number of anilines is 1. The van der Waals surface area contributed by atoms with Crippen LogP contribution in [0, 0.1) is 15.9 Å². The smallest absolute Gasteiger partial charge is 0.338 e. The predicted octanol–water partition coefficient (Wildman–Crippen LogP) is 2.72. The molecule has 1 heterocycles. The molecule has 132 valence electrons. The van der Waals surface area contributed by atoms with E-state index in [0.29, 0.717) is 5.56 Å². The number of rotatable bonds is 5. The summed E-state index contributed by atoms with van der Waals surface area (Å²) in [4.78, 5) is 26.2. The summed E-state index contributed by atoms with van der Waals surface area (Å²) < 4.78 is 22.9. The Bertz CT molecular complexity index is 971. The summed E-state index contributed by atoms with van der Waals surface area (Å²) in [5.41, 5.74) is 5.51. The highest BCUT2D eigenvalue weighted by molar-refractivity contribution is 5.91. The van der Waals surface area contributed by atoms with Crippen LogP contribution < -0.4 is 5.73 Å². The van der Waals surface area contributed by atoms with Crippen LogP contribution in [-0.4, -0.2) is 21.0 Å². The number of benzene rings is 2. The van der Waals surface area contributed by atoms with E-state index in [0.717, 1.165) is 6.07 Å². The summed E-state index contributed by atoms with van der Waals surface area (Å²) in [7, 11) is 0. The molecule has 1 aromatic heterocycles. The SMILES string of the molecule is Nc1ccc(C(=O)OCc2nc(-c3ccc(F)cc3)no2)cc1[N+](=O)[O-]. The Kier molecular flexibility index (Phi) is 4.56. The van der Waals surface area contributed by atoms with Gasteiger partial charge in [0, 0.05) is 11.6 Å². The molecule has 0 aliphatic carbocycles. The van der Waals surface area contributed by atoms with Crippen molar-refractivity contribution in [2.24, 2.45) is 0 Å². The van der Waals surface area contributed by atoms with Gasteiger partial charge in [-0.05, 0) is 36.4 Å². The van der Waals surface area contributed by atoms with E-state index in [1.807, 2.05) is 0 Å². The molecule has 10 heteroatoms. The summed E-state index contributed by atoms with van der Waals surface area (Å²) in [6.07, 6.45) is 0. The second-order valence-electron chi connectivity index (χ2n) is 5.13. The summed E-state index contributed by atoms with van der Waals surface area (Å²) in [5.74, 6) is -0.986. The second-order valence-corrected chi connectivity index (χ2v) is 5.13. The van der Waals surface area contributed by atoms with Gasteiger partial charge in [0.15, 0.2) is 6.61 Å². The van der Waals surface area contributed by atoms with E-state index < -0.39 is 22.4 Å². The number of nitro benzene ring substituents is 1. The zero-order valence-electron chi connectivity index (χ0n) is 13.1. The lowest BCUT2D eigenvalue weighted by atomic mass is 10.2. The van der Waals surface area contributed by atoms with Crippen molar-refractivity contribution in [2.45, 2.75) is 6.61 Å². The minimum atomic E-state index is -0.811. The molecule has 3 aromatic rings. The van der Waals surface area contributed by atoms with Crippen molar-refractivity contribution in [3.05, 3.63) is 69.9 Å². The number of halogens is 1. The molecular weight excluding hydrogens is 347 g/mol. The van der Waals surface area contributed by atoms with Gasteiger partial charge in [-0.1, -0.05) is 5.16 Å². The molecule has 0 fully saturated rings. The normalized spacial score (nSPS) is 10.5. The van der Waals surface area contributed by atoms with Crippen LogP contribution in [0.25, 0.3) is 11.4 Å². The van der Waals surface area contributed by atoms with Gasteiger partial charge < -0.3 is 15.0 Å². The second kappa shape index (κ2) is 6.97. The number of ether oxygens (including phenoxy) is 1. The first kappa shape index (κ1) is 17.0. The van der Waals surface area contributed by atoms with Crippen LogP contribution >= 0.6 is 0 Å². The maximum Gasteiger partial charge on any atom is 0.338 e. The van der Waals surface area contributed by atoms with Gasteiger partial charge in [0.2, 0.25) is 5.82 Å². The molecule has 0 radical (unpaired) electrons. The first-order valence-electron chi connectivity index (χ1n) is 7.23. The standard InChI is InChI=1S/C16H11FN4O5/c17-11-4-1-9(2-5-11)15-19-14(26-20-15)8-25-16(22)10-3-6-12(18)13(7-10)21(23)24/h1-7H,8,18H2. The maximum atomic E-state index is 12.9. The minimum Gasteiger partial charge on any atom is -0.452 e. The van der Waals surface area contributed by atoms with Gasteiger partial charge in [0.25, 0.3) is 11.6 Å². The molecule has 26 heavy (non-hydrogen) atoms. The topological polar surface area (TPSA) is 134 Å². The average Bonchev–Trinajstić information content (AvgIpc) is 3.09. The molecule has 0 spiro atoms. The minimum absolute atomic E-state index is 0.0163. The molecule has 0 atom stereocenters. The molecule has 2 N–H and O–H groups in total. The molecule has 9 nitrogen and oxygen atoms in total. The number of esters is 1. The molecule has 2 aromatic carbocycles. The van der Waals surface area contributed by atoms with Crippen LogP contribution in [0.1, 0.15) is 16.2 Å². The van der Waals surface area contributed by atoms with E-state index in [-0.39, 0.29) is 29.6 Å². The zero-order valence-corrected chi connectivity index (χ0v) is 13.1. The van der Waals surface area contributed by atoms with Gasteiger partial charge in [-0.25, -0.2) is 9.18 Å². The first-order chi connectivity index (χ1) is 12.4. The lowest BCUT2D eigenvalue weighted by Crippen LogP contribution is -2.07. The fourth-order valence-electron chi connectivity index (χ4n) is 2.07. The lowest BCUT2D eigenvalue weighted by molar-refractivity contribution is -0.383. The molecule has 3 rings (SSSR count). The Balaban J connectivity index is 1.68. The highest BCUT2D eigenvalue weighted by atomic mass is 19.1. The fraction of sp³-hybridized carbons (Fsp3) is 0.0625. The number of aromatic nitrogens is 2. The Labute approximate surface area is 145 Å². The number of carbonyl (C=O) groups is 1. The van der Waals surface area contributed by atoms with Crippen molar-refractivity contribution in [3.8, 4) is 11.4 Å². The monoisotopic (exact) mass is 358 g/mol. The van der Waals surface area contributed by atoms with Crippen molar-refractivity contribution < 1.29 is 23.4 Å². The zero-order chi connectivity index (χ0) is 18.7. The highest BCUT2D eigenvalue weighted by Crippen LogP contribution is 2.23. The quantitative estimate of drug-likeness (QED) is 0.318. The van der Waals surface area contributed by atoms with Gasteiger partial charge in [-0.3, -0.25) is 10.1 Å². The van der Waals surface area contributed by atoms with Crippen LogP contribution in [0.2, 0.25) is 0 Å². The van der Waals surface area contributed by atoms with Crippen molar-refractivity contribution in [3.63, 3.8) is 0 Å². The Morgan fingerprint density at radius 2 is 2.00 bits per heavy atom. The third kappa shape index (κ3) is 3.64. The van der Waals surface area contributed by atoms with E-state index in [1.165, 1.54) is 36.4 Å². The van der Waals surface area contributed by atoms with Gasteiger partial charge in [-0.15, -0.1) is 0 Å². The largest absolute Gasteiger partial charge is 0.452 e. The van der Waals surface area contributed by atoms with E-state index >= 15 is 0 Å². The number of hydrogen-bond donors (Lipinski definition) is 1. The van der Waals surface area contributed by atoms with Crippen LogP contribution in [0.15, 0.2) is 47.0 Å². The first-order valence-corrected chi connectivity index (χ1v) is 7.23. The molecular formula is C16H11FN4O5. The van der Waals surface area contributed by atoms with Crippen molar-refractivity contribution in [1.29, 1.82) is 0 Å². The van der Waals surface area contributed by atoms with Gasteiger partial charge in [0.05, 0.1) is 10.5 Å². The number of nitrogens with two attached hydrogens (primary N) is 1. The van der Waals surface area contributed by atoms with Crippen LogP contribution in [0.5, 0.6) is 0 Å². The third-order valence-electron chi connectivity index (χ3n) is 3.36. The number of nitro groups is 1. The molecule has 0 aliphatic heterocycles. The summed E-state index contributed by atoms with van der Waals surface area (Å²) in [6, 6.07) is 9.03. The van der Waals surface area contributed by atoms with Gasteiger partial charge >= 0.3 is 5.97 Å². The molecule has 0 saturated heterocycles. The van der Waals surface area contributed by atoms with Crippen LogP contribution in [0.3, 0.4) is 0 Å².